The van der Waals surface area contributed by atoms with E-state index in [4.69, 9.17) is 0 Å². The van der Waals surface area contributed by atoms with Crippen molar-refractivity contribution in [1.29, 1.82) is 0 Å². The summed E-state index contributed by atoms with van der Waals surface area (Å²) in [5, 5.41) is 11.9. The van der Waals surface area contributed by atoms with Gasteiger partial charge >= 0.3 is 0 Å². The zero-order valence-corrected chi connectivity index (χ0v) is 14.6. The van der Waals surface area contributed by atoms with Crippen LogP contribution in [-0.2, 0) is 0 Å². The standard InChI is InChI=1S/C16H13N5OS2/c1-9-13(14(22)18-15-20-19-10(2)23-15)24-16-17-12(8-21(9)16)11-6-4-3-5-7-11/h3-8H,1-2H3,(H,18,20,22). The number of fused-ring (bicyclic) bond motifs is 1. The van der Waals surface area contributed by atoms with Crippen LogP contribution in [0.2, 0.25) is 0 Å². The van der Waals surface area contributed by atoms with E-state index in [0.717, 1.165) is 26.9 Å². The van der Waals surface area contributed by atoms with E-state index < -0.39 is 0 Å². The molecule has 0 unspecified atom stereocenters. The van der Waals surface area contributed by atoms with Gasteiger partial charge in [0.05, 0.1) is 5.69 Å². The van der Waals surface area contributed by atoms with Gasteiger partial charge in [-0.2, -0.15) is 0 Å². The summed E-state index contributed by atoms with van der Waals surface area (Å²) in [6, 6.07) is 9.99. The molecule has 3 aromatic heterocycles. The maximum absolute atomic E-state index is 12.5. The minimum atomic E-state index is -0.180. The van der Waals surface area contributed by atoms with Crippen molar-refractivity contribution < 1.29 is 4.79 Å². The van der Waals surface area contributed by atoms with Gasteiger partial charge in [-0.15, -0.1) is 10.2 Å². The van der Waals surface area contributed by atoms with E-state index in [2.05, 4.69) is 20.5 Å². The summed E-state index contributed by atoms with van der Waals surface area (Å²) in [4.78, 5) is 18.5. The average molecular weight is 355 g/mol. The molecule has 0 fully saturated rings. The Labute approximate surface area is 145 Å². The molecule has 0 spiro atoms. The van der Waals surface area contributed by atoms with Crippen molar-refractivity contribution in [1.82, 2.24) is 19.6 Å². The Morgan fingerprint density at radius 3 is 2.58 bits per heavy atom. The number of aromatic nitrogens is 4. The maximum atomic E-state index is 12.5. The third kappa shape index (κ3) is 2.59. The minimum Gasteiger partial charge on any atom is -0.296 e. The fourth-order valence-electron chi connectivity index (χ4n) is 2.41. The average Bonchev–Trinajstić information content (AvgIpc) is 3.25. The molecule has 0 saturated heterocycles. The van der Waals surface area contributed by atoms with Gasteiger partial charge < -0.3 is 0 Å². The maximum Gasteiger partial charge on any atom is 0.269 e. The molecule has 4 rings (SSSR count). The zero-order valence-electron chi connectivity index (χ0n) is 13.0. The van der Waals surface area contributed by atoms with Crippen LogP contribution in [0.4, 0.5) is 5.13 Å². The van der Waals surface area contributed by atoms with E-state index in [9.17, 15) is 4.79 Å². The van der Waals surface area contributed by atoms with Crippen LogP contribution in [0.1, 0.15) is 20.4 Å². The molecule has 24 heavy (non-hydrogen) atoms. The highest BCUT2D eigenvalue weighted by atomic mass is 32.1. The lowest BCUT2D eigenvalue weighted by molar-refractivity contribution is 0.102. The van der Waals surface area contributed by atoms with Crippen LogP contribution in [-0.4, -0.2) is 25.5 Å². The predicted molar refractivity (Wildman–Crippen MR) is 95.8 cm³/mol. The molecular weight excluding hydrogens is 342 g/mol. The largest absolute Gasteiger partial charge is 0.296 e. The Bertz CT molecular complexity index is 1030. The summed E-state index contributed by atoms with van der Waals surface area (Å²) in [5.74, 6) is -0.180. The molecule has 6 nitrogen and oxygen atoms in total. The first-order valence-electron chi connectivity index (χ1n) is 7.27. The molecule has 0 atom stereocenters. The van der Waals surface area contributed by atoms with E-state index in [-0.39, 0.29) is 5.91 Å². The van der Waals surface area contributed by atoms with Crippen LogP contribution in [0, 0.1) is 13.8 Å². The second kappa shape index (κ2) is 5.81. The van der Waals surface area contributed by atoms with Crippen LogP contribution in [0.15, 0.2) is 36.5 Å². The van der Waals surface area contributed by atoms with Crippen LogP contribution >= 0.6 is 22.7 Å². The molecule has 1 N–H and O–H groups in total. The number of nitrogens with one attached hydrogen (secondary N) is 1. The van der Waals surface area contributed by atoms with Gasteiger partial charge in [0.1, 0.15) is 9.88 Å². The summed E-state index contributed by atoms with van der Waals surface area (Å²) in [5.41, 5.74) is 2.82. The number of anilines is 1. The molecule has 3 heterocycles. The predicted octanol–water partition coefficient (Wildman–Crippen LogP) is 3.78. The topological polar surface area (TPSA) is 72.2 Å². The zero-order chi connectivity index (χ0) is 16.7. The van der Waals surface area contributed by atoms with Crippen molar-refractivity contribution in [2.45, 2.75) is 13.8 Å². The monoisotopic (exact) mass is 355 g/mol. The minimum absolute atomic E-state index is 0.180. The lowest BCUT2D eigenvalue weighted by Crippen LogP contribution is -2.11. The van der Waals surface area contributed by atoms with E-state index >= 15 is 0 Å². The van der Waals surface area contributed by atoms with Crippen LogP contribution < -0.4 is 5.32 Å². The number of rotatable bonds is 3. The number of nitrogens with zero attached hydrogens (tertiary/aromatic N) is 4. The van der Waals surface area contributed by atoms with Gasteiger partial charge in [0.2, 0.25) is 5.13 Å². The molecule has 0 aliphatic heterocycles. The Balaban J connectivity index is 1.66. The van der Waals surface area contributed by atoms with Gasteiger partial charge in [-0.05, 0) is 13.8 Å². The summed E-state index contributed by atoms with van der Waals surface area (Å²) in [6.45, 7) is 3.77. The molecule has 0 aliphatic carbocycles. The van der Waals surface area contributed by atoms with Gasteiger partial charge in [0, 0.05) is 17.5 Å². The van der Waals surface area contributed by atoms with Crippen molar-refractivity contribution in [3.63, 3.8) is 0 Å². The Kier molecular flexibility index (Phi) is 3.62. The number of benzene rings is 1. The SMILES string of the molecule is Cc1nnc(NC(=O)c2sc3nc(-c4ccccc4)cn3c2C)s1. The Morgan fingerprint density at radius 2 is 1.92 bits per heavy atom. The highest BCUT2D eigenvalue weighted by molar-refractivity contribution is 7.19. The second-order valence-electron chi connectivity index (χ2n) is 5.24. The van der Waals surface area contributed by atoms with Crippen LogP contribution in [0.5, 0.6) is 0 Å². The molecule has 1 amide bonds. The highest BCUT2D eigenvalue weighted by Crippen LogP contribution is 2.28. The highest BCUT2D eigenvalue weighted by Gasteiger charge is 2.19. The molecule has 120 valence electrons. The first-order chi connectivity index (χ1) is 11.6. The molecular formula is C16H13N5OS2. The molecule has 0 bridgehead atoms. The third-order valence-electron chi connectivity index (χ3n) is 3.58. The van der Waals surface area contributed by atoms with Crippen molar-refractivity contribution >= 4 is 38.7 Å². The van der Waals surface area contributed by atoms with Crippen molar-refractivity contribution in [2.75, 3.05) is 5.32 Å². The number of imidazole rings is 1. The smallest absolute Gasteiger partial charge is 0.269 e. The van der Waals surface area contributed by atoms with Crippen LogP contribution in [0.3, 0.4) is 0 Å². The summed E-state index contributed by atoms with van der Waals surface area (Å²) in [7, 11) is 0. The number of hydrogen-bond acceptors (Lipinski definition) is 6. The van der Waals surface area contributed by atoms with Gasteiger partial charge in [-0.1, -0.05) is 53.0 Å². The van der Waals surface area contributed by atoms with E-state index in [1.807, 2.05) is 54.8 Å². The van der Waals surface area contributed by atoms with Crippen molar-refractivity contribution in [3.05, 3.63) is 52.1 Å². The number of aryl methyl sites for hydroxylation is 2. The molecule has 0 radical (unpaired) electrons. The molecule has 0 saturated carbocycles. The molecule has 0 aliphatic rings. The van der Waals surface area contributed by atoms with Crippen LogP contribution in [0.25, 0.3) is 16.2 Å². The number of carbonyl (C=O) groups excluding carboxylic acids is 1. The molecule has 8 heteroatoms. The number of thiazole rings is 1. The van der Waals surface area contributed by atoms with Gasteiger partial charge in [0.15, 0.2) is 4.96 Å². The first-order valence-corrected chi connectivity index (χ1v) is 8.90. The van der Waals surface area contributed by atoms with E-state index in [0.29, 0.717) is 10.0 Å². The Hall–Kier alpha value is -2.58. The summed E-state index contributed by atoms with van der Waals surface area (Å²) < 4.78 is 1.95. The summed E-state index contributed by atoms with van der Waals surface area (Å²) in [6.07, 6.45) is 1.96. The van der Waals surface area contributed by atoms with Gasteiger partial charge in [0.25, 0.3) is 5.91 Å². The van der Waals surface area contributed by atoms with E-state index in [1.165, 1.54) is 22.7 Å². The number of amides is 1. The quantitative estimate of drug-likeness (QED) is 0.607. The second-order valence-corrected chi connectivity index (χ2v) is 7.40. The Morgan fingerprint density at radius 1 is 1.12 bits per heavy atom. The molecule has 4 aromatic rings. The summed E-state index contributed by atoms with van der Waals surface area (Å²) >= 11 is 2.72. The fourth-order valence-corrected chi connectivity index (χ4v) is 4.00. The van der Waals surface area contributed by atoms with Gasteiger partial charge in [-0.3, -0.25) is 14.5 Å². The lowest BCUT2D eigenvalue weighted by atomic mass is 10.2. The lowest BCUT2D eigenvalue weighted by Gasteiger charge is -1.99. The normalized spacial score (nSPS) is 11.1. The van der Waals surface area contributed by atoms with E-state index in [1.54, 1.807) is 0 Å². The van der Waals surface area contributed by atoms with Crippen molar-refractivity contribution in [3.8, 4) is 11.3 Å². The first kappa shape index (κ1) is 15.0. The fraction of sp³-hybridized carbons (Fsp3) is 0.125. The van der Waals surface area contributed by atoms with Gasteiger partial charge in [-0.25, -0.2) is 4.98 Å². The van der Waals surface area contributed by atoms with Crippen molar-refractivity contribution in [2.24, 2.45) is 0 Å². The molecule has 1 aromatic carbocycles. The third-order valence-corrected chi connectivity index (χ3v) is 5.49. The number of carbonyl (C=O) groups is 1. The number of hydrogen-bond donors (Lipinski definition) is 1.